The third kappa shape index (κ3) is 2.89. The van der Waals surface area contributed by atoms with Gasteiger partial charge < -0.3 is 19.7 Å². The van der Waals surface area contributed by atoms with E-state index in [9.17, 15) is 9.59 Å². The van der Waals surface area contributed by atoms with Crippen LogP contribution in [0.2, 0.25) is 0 Å². The van der Waals surface area contributed by atoms with Gasteiger partial charge in [-0.2, -0.15) is 0 Å². The Labute approximate surface area is 168 Å². The van der Waals surface area contributed by atoms with Gasteiger partial charge in [-0.15, -0.1) is 0 Å². The highest BCUT2D eigenvalue weighted by Gasteiger charge is 2.66. The zero-order valence-corrected chi connectivity index (χ0v) is 15.9. The molecule has 1 N–H and O–H groups in total. The molecule has 1 aromatic heterocycles. The number of nitrogens with one attached hydrogen (secondary N) is 1. The topological polar surface area (TPSA) is 80.8 Å². The highest BCUT2D eigenvalue weighted by atomic mass is 16.5. The maximum absolute atomic E-state index is 13.2. The molecule has 2 fully saturated rings. The minimum absolute atomic E-state index is 0.0384. The predicted octanol–water partition coefficient (Wildman–Crippen LogP) is 2.01. The van der Waals surface area contributed by atoms with E-state index in [1.807, 2.05) is 24.3 Å². The summed E-state index contributed by atoms with van der Waals surface area (Å²) in [7, 11) is 1.59. The standard InChI is InChI=1S/C22H21N3O4/c1-28-16-4-2-15(3-5-16)24-20(26)18-17-6-9-22(29-17)13-25(21(27)19(18)22)12-14-7-10-23-11-8-14/h2-11,17-19H,12-13H2,1H3,(H,24,26)/t17-,18-,19+,22-/m0/s1. The quantitative estimate of drug-likeness (QED) is 0.789. The highest BCUT2D eigenvalue weighted by Crippen LogP contribution is 2.52. The molecular weight excluding hydrogens is 370 g/mol. The molecule has 5 rings (SSSR count). The average Bonchev–Trinajstić information content (AvgIpc) is 3.38. The van der Waals surface area contributed by atoms with Crippen LogP contribution in [0.15, 0.2) is 60.9 Å². The van der Waals surface area contributed by atoms with Gasteiger partial charge in [0.05, 0.1) is 31.6 Å². The molecule has 1 aromatic carbocycles. The number of hydrogen-bond donors (Lipinski definition) is 1. The van der Waals surface area contributed by atoms with Crippen LogP contribution < -0.4 is 10.1 Å². The van der Waals surface area contributed by atoms with Crippen LogP contribution in [0.1, 0.15) is 5.56 Å². The molecule has 3 aliphatic heterocycles. The molecule has 2 amide bonds. The van der Waals surface area contributed by atoms with Crippen molar-refractivity contribution in [1.82, 2.24) is 9.88 Å². The minimum atomic E-state index is -0.712. The van der Waals surface area contributed by atoms with Gasteiger partial charge in [-0.1, -0.05) is 12.2 Å². The Balaban J connectivity index is 1.36. The molecule has 4 atom stereocenters. The molecule has 1 spiro atoms. The van der Waals surface area contributed by atoms with E-state index in [0.717, 1.165) is 5.56 Å². The van der Waals surface area contributed by atoms with Crippen LogP contribution in [0, 0.1) is 11.8 Å². The fourth-order valence-electron chi connectivity index (χ4n) is 4.62. The molecule has 0 radical (unpaired) electrons. The van der Waals surface area contributed by atoms with Crippen LogP contribution in [-0.4, -0.2) is 47.1 Å². The number of benzene rings is 1. The molecule has 0 unspecified atom stereocenters. The number of rotatable bonds is 5. The molecule has 2 bridgehead atoms. The Morgan fingerprint density at radius 3 is 2.76 bits per heavy atom. The summed E-state index contributed by atoms with van der Waals surface area (Å²) in [5.74, 6) is -0.570. The summed E-state index contributed by atoms with van der Waals surface area (Å²) >= 11 is 0. The Kier molecular flexibility index (Phi) is 4.13. The van der Waals surface area contributed by atoms with Crippen molar-refractivity contribution >= 4 is 17.5 Å². The van der Waals surface area contributed by atoms with Crippen LogP contribution in [0.25, 0.3) is 0 Å². The average molecular weight is 391 g/mol. The van der Waals surface area contributed by atoms with Gasteiger partial charge in [0, 0.05) is 24.6 Å². The first-order valence-corrected chi connectivity index (χ1v) is 9.59. The molecule has 3 aliphatic rings. The van der Waals surface area contributed by atoms with Gasteiger partial charge >= 0.3 is 0 Å². The number of aromatic nitrogens is 1. The lowest BCUT2D eigenvalue weighted by Crippen LogP contribution is -2.41. The number of likely N-dealkylation sites (tertiary alicyclic amines) is 1. The van der Waals surface area contributed by atoms with E-state index >= 15 is 0 Å². The van der Waals surface area contributed by atoms with Gasteiger partial charge in [-0.3, -0.25) is 14.6 Å². The summed E-state index contributed by atoms with van der Waals surface area (Å²) in [6.45, 7) is 0.937. The van der Waals surface area contributed by atoms with E-state index in [2.05, 4.69) is 10.3 Å². The number of carbonyl (C=O) groups is 2. The van der Waals surface area contributed by atoms with Crippen LogP contribution in [0.3, 0.4) is 0 Å². The second-order valence-electron chi connectivity index (χ2n) is 7.67. The molecule has 148 valence electrons. The maximum Gasteiger partial charge on any atom is 0.231 e. The van der Waals surface area contributed by atoms with Gasteiger partial charge in [-0.25, -0.2) is 0 Å². The van der Waals surface area contributed by atoms with Crippen LogP contribution in [-0.2, 0) is 20.9 Å². The number of fused-ring (bicyclic) bond motifs is 1. The Hall–Kier alpha value is -3.19. The first-order valence-electron chi connectivity index (χ1n) is 9.59. The number of carbonyl (C=O) groups excluding carboxylic acids is 2. The smallest absolute Gasteiger partial charge is 0.231 e. The molecule has 2 aromatic rings. The predicted molar refractivity (Wildman–Crippen MR) is 105 cm³/mol. The van der Waals surface area contributed by atoms with Crippen LogP contribution >= 0.6 is 0 Å². The number of amides is 2. The summed E-state index contributed by atoms with van der Waals surface area (Å²) in [5.41, 5.74) is 0.953. The third-order valence-corrected chi connectivity index (χ3v) is 5.96. The fraction of sp³-hybridized carbons (Fsp3) is 0.318. The first kappa shape index (κ1) is 17.9. The Bertz CT molecular complexity index is 975. The van der Waals surface area contributed by atoms with Crippen LogP contribution in [0.5, 0.6) is 5.75 Å². The molecule has 4 heterocycles. The lowest BCUT2D eigenvalue weighted by Gasteiger charge is -2.23. The van der Waals surface area contributed by atoms with Crippen molar-refractivity contribution in [1.29, 1.82) is 0 Å². The van der Waals surface area contributed by atoms with E-state index in [-0.39, 0.29) is 17.9 Å². The van der Waals surface area contributed by atoms with Crippen molar-refractivity contribution in [3.05, 3.63) is 66.5 Å². The highest BCUT2D eigenvalue weighted by molar-refractivity contribution is 5.99. The SMILES string of the molecule is COc1ccc(NC(=O)[C@H]2[C@@H]3C=C[C@@]4(CN(Cc5ccncc5)C(=O)[C@@H]24)O3)cc1. The van der Waals surface area contributed by atoms with Crippen molar-refractivity contribution in [2.75, 3.05) is 19.0 Å². The molecule has 0 saturated carbocycles. The van der Waals surface area contributed by atoms with E-state index in [1.165, 1.54) is 0 Å². The number of methoxy groups -OCH3 is 1. The van der Waals surface area contributed by atoms with E-state index in [0.29, 0.717) is 24.5 Å². The molecular formula is C22H21N3O4. The van der Waals surface area contributed by atoms with Gasteiger partial charge in [0.1, 0.15) is 11.4 Å². The third-order valence-electron chi connectivity index (χ3n) is 5.96. The fourth-order valence-corrected chi connectivity index (χ4v) is 4.62. The molecule has 29 heavy (non-hydrogen) atoms. The molecule has 0 aliphatic carbocycles. The maximum atomic E-state index is 13.2. The van der Waals surface area contributed by atoms with Gasteiger partial charge in [0.25, 0.3) is 0 Å². The van der Waals surface area contributed by atoms with E-state index in [4.69, 9.17) is 9.47 Å². The number of ether oxygens (including phenoxy) is 2. The lowest BCUT2D eigenvalue weighted by atomic mass is 9.77. The molecule has 2 saturated heterocycles. The summed E-state index contributed by atoms with van der Waals surface area (Å²) in [5, 5.41) is 2.93. The number of anilines is 1. The Morgan fingerprint density at radius 2 is 2.03 bits per heavy atom. The second-order valence-corrected chi connectivity index (χ2v) is 7.67. The molecule has 7 heteroatoms. The number of hydrogen-bond acceptors (Lipinski definition) is 5. The molecule has 7 nitrogen and oxygen atoms in total. The largest absolute Gasteiger partial charge is 0.497 e. The van der Waals surface area contributed by atoms with Crippen molar-refractivity contribution in [3.63, 3.8) is 0 Å². The summed E-state index contributed by atoms with van der Waals surface area (Å²) < 4.78 is 11.3. The zero-order valence-electron chi connectivity index (χ0n) is 15.9. The van der Waals surface area contributed by atoms with E-state index < -0.39 is 17.4 Å². The summed E-state index contributed by atoms with van der Waals surface area (Å²) in [4.78, 5) is 32.1. The number of nitrogens with zero attached hydrogens (tertiary/aromatic N) is 2. The Morgan fingerprint density at radius 1 is 1.28 bits per heavy atom. The number of pyridine rings is 1. The van der Waals surface area contributed by atoms with Crippen molar-refractivity contribution in [2.45, 2.75) is 18.2 Å². The summed E-state index contributed by atoms with van der Waals surface area (Å²) in [6, 6.07) is 10.9. The normalized spacial score (nSPS) is 29.2. The van der Waals surface area contributed by atoms with Crippen LogP contribution in [0.4, 0.5) is 5.69 Å². The van der Waals surface area contributed by atoms with Gasteiger partial charge in [0.2, 0.25) is 11.8 Å². The van der Waals surface area contributed by atoms with Gasteiger partial charge in [-0.05, 0) is 42.0 Å². The van der Waals surface area contributed by atoms with E-state index in [1.54, 1.807) is 48.7 Å². The first-order chi connectivity index (χ1) is 14.1. The lowest BCUT2D eigenvalue weighted by molar-refractivity contribution is -0.136. The van der Waals surface area contributed by atoms with Gasteiger partial charge in [0.15, 0.2) is 0 Å². The monoisotopic (exact) mass is 391 g/mol. The second kappa shape index (κ2) is 6.70. The van der Waals surface area contributed by atoms with Crippen molar-refractivity contribution in [3.8, 4) is 5.75 Å². The summed E-state index contributed by atoms with van der Waals surface area (Å²) in [6.07, 6.45) is 6.93. The minimum Gasteiger partial charge on any atom is -0.497 e. The van der Waals surface area contributed by atoms with Crippen molar-refractivity contribution < 1.29 is 19.1 Å². The van der Waals surface area contributed by atoms with Crippen molar-refractivity contribution in [2.24, 2.45) is 11.8 Å². The zero-order chi connectivity index (χ0) is 20.0.